The molecule has 23 heavy (non-hydrogen) atoms. The molecule has 2 rings (SSSR count). The topological polar surface area (TPSA) is 29.0 Å². The number of nitrogens with zero attached hydrogens (tertiary/aromatic N) is 3. The first-order chi connectivity index (χ1) is 11.2. The van der Waals surface area contributed by atoms with Crippen LogP contribution >= 0.6 is 0 Å². The van der Waals surface area contributed by atoms with Crippen LogP contribution in [0.25, 0.3) is 5.57 Å². The quantitative estimate of drug-likeness (QED) is 0.649. The second-order valence-electron chi connectivity index (χ2n) is 5.74. The molecule has 0 bridgehead atoms. The van der Waals surface area contributed by atoms with Crippen molar-refractivity contribution in [2.24, 2.45) is 0 Å². The molecule has 0 amide bonds. The summed E-state index contributed by atoms with van der Waals surface area (Å²) in [4.78, 5) is 10.3. The summed E-state index contributed by atoms with van der Waals surface area (Å²) >= 11 is 0. The second-order valence-corrected chi connectivity index (χ2v) is 5.74. The van der Waals surface area contributed by atoms with E-state index in [1.165, 1.54) is 0 Å². The first-order valence-electron chi connectivity index (χ1n) is 8.43. The van der Waals surface area contributed by atoms with Gasteiger partial charge in [0.15, 0.2) is 5.82 Å². The van der Waals surface area contributed by atoms with Gasteiger partial charge in [0.2, 0.25) is 0 Å². The van der Waals surface area contributed by atoms with E-state index < -0.39 is 6.43 Å². The third kappa shape index (κ3) is 4.85. The molecule has 1 aliphatic rings. The molecular formula is C18H25F2N3. The van der Waals surface area contributed by atoms with Crippen LogP contribution in [-0.4, -0.2) is 23.1 Å². The standard InChI is InChI=1S/C18H25F2N3/c1-3-5-6-10-14(9-4-2)15-13-16(23-11-7-8-12-23)22-18(21-15)17(19)20/h5-6,10,13,17H,3-4,7-9,11-12H2,1-2H3/b6-5+,14-10+. The van der Waals surface area contributed by atoms with Crippen molar-refractivity contribution < 1.29 is 8.78 Å². The van der Waals surface area contributed by atoms with Crippen molar-refractivity contribution >= 4 is 11.4 Å². The lowest BCUT2D eigenvalue weighted by Gasteiger charge is -2.18. The van der Waals surface area contributed by atoms with Gasteiger partial charge in [-0.05, 0) is 31.3 Å². The number of allylic oxidation sites excluding steroid dienone is 4. The lowest BCUT2D eigenvalue weighted by Crippen LogP contribution is -2.20. The van der Waals surface area contributed by atoms with Gasteiger partial charge < -0.3 is 4.90 Å². The zero-order valence-corrected chi connectivity index (χ0v) is 13.9. The molecule has 5 heteroatoms. The van der Waals surface area contributed by atoms with Crippen LogP contribution < -0.4 is 4.90 Å². The van der Waals surface area contributed by atoms with Crippen LogP contribution in [0.5, 0.6) is 0 Å². The summed E-state index contributed by atoms with van der Waals surface area (Å²) in [5, 5.41) is 0. The molecule has 1 aromatic rings. The number of hydrogen-bond acceptors (Lipinski definition) is 3. The molecule has 0 radical (unpaired) electrons. The Bertz CT molecular complexity index is 561. The summed E-state index contributed by atoms with van der Waals surface area (Å²) in [7, 11) is 0. The number of halogens is 2. The van der Waals surface area contributed by atoms with Crippen LogP contribution in [0.4, 0.5) is 14.6 Å². The Kier molecular flexibility index (Phi) is 6.68. The average molecular weight is 321 g/mol. The normalized spacial score (nSPS) is 16.0. The molecule has 0 unspecified atom stereocenters. The summed E-state index contributed by atoms with van der Waals surface area (Å²) in [6.07, 6.45) is 8.23. The Morgan fingerprint density at radius 1 is 1.26 bits per heavy atom. The highest BCUT2D eigenvalue weighted by atomic mass is 19.3. The van der Waals surface area contributed by atoms with Crippen LogP contribution in [0.3, 0.4) is 0 Å². The lowest BCUT2D eigenvalue weighted by atomic mass is 10.1. The van der Waals surface area contributed by atoms with Crippen molar-refractivity contribution in [3.63, 3.8) is 0 Å². The van der Waals surface area contributed by atoms with Gasteiger partial charge in [0.05, 0.1) is 5.69 Å². The average Bonchev–Trinajstić information content (AvgIpc) is 3.08. The van der Waals surface area contributed by atoms with E-state index in [2.05, 4.69) is 28.7 Å². The zero-order valence-electron chi connectivity index (χ0n) is 13.9. The Hall–Kier alpha value is -1.78. The second kappa shape index (κ2) is 8.75. The third-order valence-electron chi connectivity index (χ3n) is 3.87. The van der Waals surface area contributed by atoms with E-state index in [0.717, 1.165) is 50.8 Å². The maximum atomic E-state index is 13.2. The SMILES string of the molecule is CC/C=C/C=C(\CCC)c1cc(N2CCCC2)nc(C(F)F)n1. The minimum absolute atomic E-state index is 0.370. The molecule has 126 valence electrons. The predicted octanol–water partition coefficient (Wildman–Crippen LogP) is 5.16. The summed E-state index contributed by atoms with van der Waals surface area (Å²) in [6.45, 7) is 5.90. The van der Waals surface area contributed by atoms with Gasteiger partial charge in [0.1, 0.15) is 5.82 Å². The van der Waals surface area contributed by atoms with Gasteiger partial charge in [-0.3, -0.25) is 0 Å². The predicted molar refractivity (Wildman–Crippen MR) is 90.8 cm³/mol. The van der Waals surface area contributed by atoms with E-state index in [4.69, 9.17) is 0 Å². The first kappa shape index (κ1) is 17.6. The Labute approximate surface area is 137 Å². The molecule has 0 saturated carbocycles. The van der Waals surface area contributed by atoms with Gasteiger partial charge in [-0.1, -0.05) is 38.5 Å². The van der Waals surface area contributed by atoms with Gasteiger partial charge in [-0.15, -0.1) is 0 Å². The van der Waals surface area contributed by atoms with Crippen LogP contribution in [-0.2, 0) is 0 Å². The van der Waals surface area contributed by atoms with E-state index in [1.54, 1.807) is 0 Å². The molecule has 1 aliphatic heterocycles. The fourth-order valence-electron chi connectivity index (χ4n) is 2.71. The molecule has 3 nitrogen and oxygen atoms in total. The number of anilines is 1. The van der Waals surface area contributed by atoms with Crippen molar-refractivity contribution in [2.75, 3.05) is 18.0 Å². The number of aromatic nitrogens is 2. The van der Waals surface area contributed by atoms with Gasteiger partial charge in [-0.2, -0.15) is 0 Å². The smallest absolute Gasteiger partial charge is 0.297 e. The fraction of sp³-hybridized carbons (Fsp3) is 0.556. The van der Waals surface area contributed by atoms with Crippen LogP contribution in [0, 0.1) is 0 Å². The van der Waals surface area contributed by atoms with Gasteiger partial charge >= 0.3 is 0 Å². The maximum Gasteiger partial charge on any atom is 0.297 e. The van der Waals surface area contributed by atoms with Crippen LogP contribution in [0.2, 0.25) is 0 Å². The van der Waals surface area contributed by atoms with E-state index in [-0.39, 0.29) is 5.82 Å². The van der Waals surface area contributed by atoms with Crippen molar-refractivity contribution in [3.8, 4) is 0 Å². The Morgan fingerprint density at radius 3 is 2.61 bits per heavy atom. The zero-order chi connectivity index (χ0) is 16.7. The molecular weight excluding hydrogens is 296 g/mol. The molecule has 1 aromatic heterocycles. The largest absolute Gasteiger partial charge is 0.356 e. The van der Waals surface area contributed by atoms with Gasteiger partial charge in [0.25, 0.3) is 6.43 Å². The number of rotatable bonds is 7. The number of hydrogen-bond donors (Lipinski definition) is 0. The summed E-state index contributed by atoms with van der Waals surface area (Å²) < 4.78 is 26.4. The van der Waals surface area contributed by atoms with Crippen molar-refractivity contribution in [3.05, 3.63) is 35.8 Å². The highest BCUT2D eigenvalue weighted by Gasteiger charge is 2.20. The highest BCUT2D eigenvalue weighted by molar-refractivity contribution is 5.66. The monoisotopic (exact) mass is 321 g/mol. The van der Waals surface area contributed by atoms with E-state index in [1.807, 2.05) is 24.3 Å². The Morgan fingerprint density at radius 2 is 2.00 bits per heavy atom. The highest BCUT2D eigenvalue weighted by Crippen LogP contribution is 2.27. The maximum absolute atomic E-state index is 13.2. The van der Waals surface area contributed by atoms with Gasteiger partial charge in [-0.25, -0.2) is 18.7 Å². The molecule has 0 spiro atoms. The molecule has 1 saturated heterocycles. The van der Waals surface area contributed by atoms with Crippen molar-refractivity contribution in [1.29, 1.82) is 0 Å². The molecule has 1 fully saturated rings. The Balaban J connectivity index is 2.41. The van der Waals surface area contributed by atoms with E-state index in [0.29, 0.717) is 11.5 Å². The molecule has 0 aliphatic carbocycles. The first-order valence-corrected chi connectivity index (χ1v) is 8.43. The van der Waals surface area contributed by atoms with Crippen molar-refractivity contribution in [2.45, 2.75) is 52.4 Å². The summed E-state index contributed by atoms with van der Waals surface area (Å²) in [5.74, 6) is 0.259. The van der Waals surface area contributed by atoms with E-state index >= 15 is 0 Å². The summed E-state index contributed by atoms with van der Waals surface area (Å²) in [5.41, 5.74) is 1.61. The van der Waals surface area contributed by atoms with Gasteiger partial charge in [0, 0.05) is 19.2 Å². The van der Waals surface area contributed by atoms with E-state index in [9.17, 15) is 8.78 Å². The molecule has 0 aromatic carbocycles. The number of alkyl halides is 2. The lowest BCUT2D eigenvalue weighted by molar-refractivity contribution is 0.140. The third-order valence-corrected chi connectivity index (χ3v) is 3.87. The fourth-order valence-corrected chi connectivity index (χ4v) is 2.71. The minimum atomic E-state index is -2.65. The molecule has 2 heterocycles. The van der Waals surface area contributed by atoms with Crippen molar-refractivity contribution in [1.82, 2.24) is 9.97 Å². The molecule has 0 atom stereocenters. The van der Waals surface area contributed by atoms with Crippen LogP contribution in [0.15, 0.2) is 24.3 Å². The molecule has 0 N–H and O–H groups in total. The van der Waals surface area contributed by atoms with Crippen LogP contribution in [0.1, 0.15) is 63.9 Å². The summed E-state index contributed by atoms with van der Waals surface area (Å²) in [6, 6.07) is 1.86. The minimum Gasteiger partial charge on any atom is -0.356 e.